The van der Waals surface area contributed by atoms with Crippen LogP contribution in [0.25, 0.3) is 0 Å². The Hall–Kier alpha value is -1.75. The van der Waals surface area contributed by atoms with E-state index >= 15 is 0 Å². The van der Waals surface area contributed by atoms with Crippen LogP contribution < -0.4 is 5.73 Å². The zero-order chi connectivity index (χ0) is 13.3. The molecule has 2 N–H and O–H groups in total. The fourth-order valence-electron chi connectivity index (χ4n) is 1.71. The van der Waals surface area contributed by atoms with Gasteiger partial charge in [-0.25, -0.2) is 9.37 Å². The minimum atomic E-state index is -0.586. The van der Waals surface area contributed by atoms with Gasteiger partial charge in [0.1, 0.15) is 11.6 Å². The molecule has 0 unspecified atom stereocenters. The van der Waals surface area contributed by atoms with Crippen molar-refractivity contribution in [3.05, 3.63) is 57.4 Å². The van der Waals surface area contributed by atoms with Crippen LogP contribution >= 0.6 is 15.9 Å². The highest BCUT2D eigenvalue weighted by Gasteiger charge is 2.21. The molecule has 1 aromatic heterocycles. The topological polar surface area (TPSA) is 56.0 Å². The molecule has 0 radical (unpaired) electrons. The number of rotatable bonds is 2. The molecule has 0 saturated heterocycles. The number of carbonyl (C=O) groups excluding carboxylic acids is 1. The van der Waals surface area contributed by atoms with Crippen LogP contribution in [0, 0.1) is 12.7 Å². The molecule has 0 fully saturated rings. The molecular formula is C13H10BrFN2O. The first-order valence-electron chi connectivity index (χ1n) is 5.22. The van der Waals surface area contributed by atoms with Crippen molar-refractivity contribution in [2.24, 2.45) is 0 Å². The molecule has 1 heterocycles. The summed E-state index contributed by atoms with van der Waals surface area (Å²) < 4.78 is 14.1. The largest absolute Gasteiger partial charge is 0.383 e. The molecule has 92 valence electrons. The van der Waals surface area contributed by atoms with E-state index in [-0.39, 0.29) is 16.9 Å². The van der Waals surface area contributed by atoms with E-state index in [2.05, 4.69) is 20.9 Å². The van der Waals surface area contributed by atoms with Gasteiger partial charge in [-0.2, -0.15) is 0 Å². The fourth-order valence-corrected chi connectivity index (χ4v) is 2.24. The number of carbonyl (C=O) groups is 1. The van der Waals surface area contributed by atoms with Crippen molar-refractivity contribution in [1.29, 1.82) is 0 Å². The molecule has 5 heteroatoms. The van der Waals surface area contributed by atoms with E-state index in [1.54, 1.807) is 19.1 Å². The van der Waals surface area contributed by atoms with Crippen molar-refractivity contribution in [3.8, 4) is 0 Å². The molecule has 0 aliphatic rings. The van der Waals surface area contributed by atoms with Gasteiger partial charge in [0.2, 0.25) is 5.78 Å². The second-order valence-electron chi connectivity index (χ2n) is 3.81. The van der Waals surface area contributed by atoms with Crippen LogP contribution in [0.15, 0.2) is 34.9 Å². The Morgan fingerprint density at radius 3 is 2.67 bits per heavy atom. The lowest BCUT2D eigenvalue weighted by atomic mass is 10.00. The molecule has 2 rings (SSSR count). The standard InChI is InChI=1S/C13H10BrFN2O/c1-7-5-6-17-13(16)10(7)12(18)11-8(14)3-2-4-9(11)15/h2-6H,1H3,(H2,16,17). The van der Waals surface area contributed by atoms with E-state index in [9.17, 15) is 9.18 Å². The summed E-state index contributed by atoms with van der Waals surface area (Å²) >= 11 is 3.17. The highest BCUT2D eigenvalue weighted by molar-refractivity contribution is 9.10. The smallest absolute Gasteiger partial charge is 0.201 e. The quantitative estimate of drug-likeness (QED) is 0.867. The fraction of sp³-hybridized carbons (Fsp3) is 0.0769. The zero-order valence-corrected chi connectivity index (χ0v) is 11.2. The van der Waals surface area contributed by atoms with Gasteiger partial charge in [-0.1, -0.05) is 6.07 Å². The Balaban J connectivity index is 2.63. The Morgan fingerprint density at radius 1 is 1.33 bits per heavy atom. The van der Waals surface area contributed by atoms with Crippen LogP contribution in [-0.2, 0) is 0 Å². The van der Waals surface area contributed by atoms with E-state index < -0.39 is 11.6 Å². The molecule has 0 bridgehead atoms. The Labute approximate surface area is 112 Å². The number of aryl methyl sites for hydroxylation is 1. The van der Waals surface area contributed by atoms with Crippen LogP contribution in [0.2, 0.25) is 0 Å². The summed E-state index contributed by atoms with van der Waals surface area (Å²) in [7, 11) is 0. The average molecular weight is 309 g/mol. The van der Waals surface area contributed by atoms with Gasteiger partial charge < -0.3 is 5.73 Å². The minimum Gasteiger partial charge on any atom is -0.383 e. The number of pyridine rings is 1. The first-order valence-corrected chi connectivity index (χ1v) is 6.01. The second-order valence-corrected chi connectivity index (χ2v) is 4.67. The lowest BCUT2D eigenvalue weighted by molar-refractivity contribution is 0.103. The van der Waals surface area contributed by atoms with Gasteiger partial charge in [-0.05, 0) is 46.6 Å². The van der Waals surface area contributed by atoms with Crippen molar-refractivity contribution in [2.45, 2.75) is 6.92 Å². The third kappa shape index (κ3) is 2.13. The van der Waals surface area contributed by atoms with Crippen molar-refractivity contribution >= 4 is 27.5 Å². The summed E-state index contributed by atoms with van der Waals surface area (Å²) in [5.41, 5.74) is 6.57. The maximum atomic E-state index is 13.7. The van der Waals surface area contributed by atoms with E-state index in [0.717, 1.165) is 0 Å². The number of hydrogen-bond donors (Lipinski definition) is 1. The number of anilines is 1. The SMILES string of the molecule is Cc1ccnc(N)c1C(=O)c1c(F)cccc1Br. The molecule has 0 aliphatic carbocycles. The zero-order valence-electron chi connectivity index (χ0n) is 9.58. The normalized spacial score (nSPS) is 10.4. The van der Waals surface area contributed by atoms with Gasteiger partial charge >= 0.3 is 0 Å². The molecular weight excluding hydrogens is 299 g/mol. The van der Waals surface area contributed by atoms with Crippen molar-refractivity contribution in [2.75, 3.05) is 5.73 Å². The number of hydrogen-bond acceptors (Lipinski definition) is 3. The van der Waals surface area contributed by atoms with E-state index in [1.807, 2.05) is 0 Å². The van der Waals surface area contributed by atoms with Crippen LogP contribution in [0.5, 0.6) is 0 Å². The number of halogens is 2. The molecule has 1 aromatic carbocycles. The molecule has 18 heavy (non-hydrogen) atoms. The highest BCUT2D eigenvalue weighted by Crippen LogP contribution is 2.25. The summed E-state index contributed by atoms with van der Waals surface area (Å²) in [4.78, 5) is 16.2. The maximum Gasteiger partial charge on any atom is 0.201 e. The predicted octanol–water partition coefficient (Wildman–Crippen LogP) is 3.10. The van der Waals surface area contributed by atoms with Gasteiger partial charge in [0.15, 0.2) is 0 Å². The summed E-state index contributed by atoms with van der Waals surface area (Å²) in [5, 5.41) is 0. The first-order chi connectivity index (χ1) is 8.52. The number of aromatic nitrogens is 1. The minimum absolute atomic E-state index is 0.0275. The monoisotopic (exact) mass is 308 g/mol. The maximum absolute atomic E-state index is 13.7. The van der Waals surface area contributed by atoms with Crippen molar-refractivity contribution < 1.29 is 9.18 Å². The van der Waals surface area contributed by atoms with Crippen LogP contribution in [0.1, 0.15) is 21.5 Å². The third-order valence-corrected chi connectivity index (χ3v) is 3.27. The lowest BCUT2D eigenvalue weighted by Crippen LogP contribution is -2.11. The van der Waals surface area contributed by atoms with E-state index in [0.29, 0.717) is 10.0 Å². The van der Waals surface area contributed by atoms with Crippen LogP contribution in [0.4, 0.5) is 10.2 Å². The van der Waals surface area contributed by atoms with Crippen molar-refractivity contribution in [3.63, 3.8) is 0 Å². The summed E-state index contributed by atoms with van der Waals surface area (Å²) in [6.45, 7) is 1.74. The highest BCUT2D eigenvalue weighted by atomic mass is 79.9. The number of nitrogen functional groups attached to an aromatic ring is 1. The number of benzene rings is 1. The van der Waals surface area contributed by atoms with Gasteiger partial charge in [0.05, 0.1) is 11.1 Å². The Bertz CT molecular complexity index is 534. The van der Waals surface area contributed by atoms with E-state index in [1.165, 1.54) is 18.3 Å². The summed E-state index contributed by atoms with van der Waals surface area (Å²) in [6, 6.07) is 6.03. The number of nitrogens with two attached hydrogens (primary N) is 1. The van der Waals surface area contributed by atoms with Crippen LogP contribution in [-0.4, -0.2) is 10.8 Å². The van der Waals surface area contributed by atoms with Gasteiger partial charge in [0, 0.05) is 10.7 Å². The summed E-state index contributed by atoms with van der Waals surface area (Å²) in [5.74, 6) is -0.949. The van der Waals surface area contributed by atoms with Gasteiger partial charge in [-0.15, -0.1) is 0 Å². The Kier molecular flexibility index (Phi) is 3.43. The van der Waals surface area contributed by atoms with Crippen molar-refractivity contribution in [1.82, 2.24) is 4.98 Å². The first kappa shape index (κ1) is 12.7. The molecule has 2 aromatic rings. The molecule has 0 atom stereocenters. The third-order valence-electron chi connectivity index (χ3n) is 2.61. The van der Waals surface area contributed by atoms with Gasteiger partial charge in [0.25, 0.3) is 0 Å². The lowest BCUT2D eigenvalue weighted by Gasteiger charge is -2.09. The predicted molar refractivity (Wildman–Crippen MR) is 70.9 cm³/mol. The molecule has 0 saturated carbocycles. The number of nitrogens with zero attached hydrogens (tertiary/aromatic N) is 1. The molecule has 3 nitrogen and oxygen atoms in total. The molecule has 0 amide bonds. The number of ketones is 1. The summed E-state index contributed by atoms with van der Waals surface area (Å²) in [6.07, 6.45) is 1.51. The molecule has 0 spiro atoms. The Morgan fingerprint density at radius 2 is 2.06 bits per heavy atom. The molecule has 0 aliphatic heterocycles. The van der Waals surface area contributed by atoms with Gasteiger partial charge in [-0.3, -0.25) is 4.79 Å². The second kappa shape index (κ2) is 4.86. The van der Waals surface area contributed by atoms with E-state index in [4.69, 9.17) is 5.73 Å². The average Bonchev–Trinajstić information content (AvgIpc) is 2.28. The van der Waals surface area contributed by atoms with Crippen LogP contribution in [0.3, 0.4) is 0 Å².